The lowest BCUT2D eigenvalue weighted by atomic mass is 9.98. The molecule has 0 aliphatic rings. The fourth-order valence-corrected chi connectivity index (χ4v) is 2.70. The number of aromatic nitrogens is 1. The lowest BCUT2D eigenvalue weighted by molar-refractivity contribution is 0.0526. The molecule has 0 spiro atoms. The van der Waals surface area contributed by atoms with Crippen molar-refractivity contribution in [1.82, 2.24) is 15.6 Å². The van der Waals surface area contributed by atoms with Crippen molar-refractivity contribution in [1.29, 1.82) is 0 Å². The van der Waals surface area contributed by atoms with Crippen molar-refractivity contribution in [3.63, 3.8) is 0 Å². The van der Waals surface area contributed by atoms with Gasteiger partial charge in [-0.2, -0.15) is 0 Å². The number of nitrogens with zero attached hydrogens (tertiary/aromatic N) is 1. The normalized spacial score (nSPS) is 12.0. The predicted octanol–water partition coefficient (Wildman–Crippen LogP) is 3.00. The Morgan fingerprint density at radius 2 is 1.65 bits per heavy atom. The number of rotatable bonds is 4. The van der Waals surface area contributed by atoms with Gasteiger partial charge in [-0.25, -0.2) is 9.78 Å². The van der Waals surface area contributed by atoms with Gasteiger partial charge in [0, 0.05) is 18.5 Å². The summed E-state index contributed by atoms with van der Waals surface area (Å²) in [7, 11) is 0. The largest absolute Gasteiger partial charge is 0.444 e. The Labute approximate surface area is 142 Å². The van der Waals surface area contributed by atoms with Gasteiger partial charge in [0.15, 0.2) is 0 Å². The molecule has 2 amide bonds. The van der Waals surface area contributed by atoms with Crippen molar-refractivity contribution in [3.05, 3.63) is 15.6 Å². The first-order valence-corrected chi connectivity index (χ1v) is 8.45. The Morgan fingerprint density at radius 1 is 1.09 bits per heavy atom. The molecule has 1 aromatic heterocycles. The van der Waals surface area contributed by atoms with Crippen LogP contribution in [0.4, 0.5) is 4.79 Å². The average Bonchev–Trinajstić information content (AvgIpc) is 2.74. The average molecular weight is 341 g/mol. The second kappa shape index (κ2) is 7.29. The van der Waals surface area contributed by atoms with Gasteiger partial charge in [-0.15, -0.1) is 11.3 Å². The zero-order valence-corrected chi connectivity index (χ0v) is 15.8. The maximum absolute atomic E-state index is 12.2. The minimum absolute atomic E-state index is 0.0772. The second-order valence-electron chi connectivity index (χ2n) is 7.37. The molecular formula is C16H27N3O3S. The van der Waals surface area contributed by atoms with E-state index in [1.807, 2.05) is 6.92 Å². The molecule has 1 rings (SSSR count). The quantitative estimate of drug-likeness (QED) is 0.825. The topological polar surface area (TPSA) is 80.3 Å². The molecule has 130 valence electrons. The van der Waals surface area contributed by atoms with Crippen LogP contribution in [0, 0.1) is 6.92 Å². The first-order chi connectivity index (χ1) is 10.4. The van der Waals surface area contributed by atoms with Gasteiger partial charge in [-0.05, 0) is 27.7 Å². The molecule has 0 saturated heterocycles. The molecule has 0 atom stereocenters. The monoisotopic (exact) mass is 341 g/mol. The number of nitrogens with one attached hydrogen (secondary N) is 2. The molecule has 0 bridgehead atoms. The number of alkyl carbamates (subject to hydrolysis) is 1. The SMILES string of the molecule is Cc1nc(C(C)(C)C)sc1C(=O)NCCNC(=O)OC(C)(C)C. The van der Waals surface area contributed by atoms with E-state index in [1.165, 1.54) is 11.3 Å². The van der Waals surface area contributed by atoms with Crippen LogP contribution in [0.5, 0.6) is 0 Å². The number of carbonyl (C=O) groups excluding carboxylic acids is 2. The van der Waals surface area contributed by atoms with E-state index < -0.39 is 11.7 Å². The zero-order chi connectivity index (χ0) is 17.8. The molecule has 0 unspecified atom stereocenters. The summed E-state index contributed by atoms with van der Waals surface area (Å²) < 4.78 is 5.12. The third-order valence-corrected chi connectivity index (χ3v) is 4.31. The molecule has 0 aliphatic carbocycles. The van der Waals surface area contributed by atoms with Gasteiger partial charge >= 0.3 is 6.09 Å². The number of aryl methyl sites for hydroxylation is 1. The fourth-order valence-electron chi connectivity index (χ4n) is 1.66. The fraction of sp³-hybridized carbons (Fsp3) is 0.688. The standard InChI is InChI=1S/C16H27N3O3S/c1-10-11(23-13(19-10)15(2,3)4)12(20)17-8-9-18-14(21)22-16(5,6)7/h8-9H2,1-7H3,(H,17,20)(H,18,21). The smallest absolute Gasteiger partial charge is 0.407 e. The number of thiazole rings is 1. The molecule has 23 heavy (non-hydrogen) atoms. The number of hydrogen-bond donors (Lipinski definition) is 2. The minimum Gasteiger partial charge on any atom is -0.444 e. The van der Waals surface area contributed by atoms with Gasteiger partial charge in [-0.1, -0.05) is 20.8 Å². The zero-order valence-electron chi connectivity index (χ0n) is 15.0. The predicted molar refractivity (Wildman–Crippen MR) is 92.1 cm³/mol. The third-order valence-electron chi connectivity index (χ3n) is 2.72. The second-order valence-corrected chi connectivity index (χ2v) is 8.37. The van der Waals surface area contributed by atoms with E-state index in [4.69, 9.17) is 4.74 Å². The van der Waals surface area contributed by atoms with Crippen LogP contribution in [-0.2, 0) is 10.2 Å². The van der Waals surface area contributed by atoms with Crippen LogP contribution in [0.15, 0.2) is 0 Å². The molecule has 1 heterocycles. The van der Waals surface area contributed by atoms with Crippen molar-refractivity contribution < 1.29 is 14.3 Å². The molecule has 0 saturated carbocycles. The molecule has 2 N–H and O–H groups in total. The lowest BCUT2D eigenvalue weighted by Gasteiger charge is -2.19. The van der Waals surface area contributed by atoms with Gasteiger partial charge in [0.05, 0.1) is 10.7 Å². The van der Waals surface area contributed by atoms with Crippen LogP contribution < -0.4 is 10.6 Å². The van der Waals surface area contributed by atoms with Crippen molar-refractivity contribution in [3.8, 4) is 0 Å². The van der Waals surface area contributed by atoms with Gasteiger partial charge in [0.2, 0.25) is 0 Å². The Balaban J connectivity index is 2.46. The molecule has 6 nitrogen and oxygen atoms in total. The molecule has 0 aliphatic heterocycles. The van der Waals surface area contributed by atoms with E-state index in [0.29, 0.717) is 18.0 Å². The number of amides is 2. The van der Waals surface area contributed by atoms with Gasteiger partial charge in [0.1, 0.15) is 10.5 Å². The Bertz CT molecular complexity index is 568. The van der Waals surface area contributed by atoms with E-state index in [9.17, 15) is 9.59 Å². The first-order valence-electron chi connectivity index (χ1n) is 7.63. The van der Waals surface area contributed by atoms with Crippen LogP contribution in [0.25, 0.3) is 0 Å². The highest BCUT2D eigenvalue weighted by molar-refractivity contribution is 7.14. The Morgan fingerprint density at radius 3 is 2.13 bits per heavy atom. The molecular weight excluding hydrogens is 314 g/mol. The molecule has 0 aromatic carbocycles. The molecule has 0 radical (unpaired) electrons. The van der Waals surface area contributed by atoms with Crippen LogP contribution in [-0.4, -0.2) is 35.7 Å². The highest BCUT2D eigenvalue weighted by Crippen LogP contribution is 2.28. The maximum Gasteiger partial charge on any atom is 0.407 e. The summed E-state index contributed by atoms with van der Waals surface area (Å²) in [6, 6.07) is 0. The van der Waals surface area contributed by atoms with Crippen LogP contribution in [0.3, 0.4) is 0 Å². The van der Waals surface area contributed by atoms with Crippen LogP contribution >= 0.6 is 11.3 Å². The van der Waals surface area contributed by atoms with Crippen molar-refractivity contribution in [2.45, 2.75) is 59.5 Å². The number of hydrogen-bond acceptors (Lipinski definition) is 5. The molecule has 1 aromatic rings. The van der Waals surface area contributed by atoms with Gasteiger partial charge < -0.3 is 15.4 Å². The van der Waals surface area contributed by atoms with Crippen LogP contribution in [0.2, 0.25) is 0 Å². The third kappa shape index (κ3) is 6.56. The maximum atomic E-state index is 12.2. The van der Waals surface area contributed by atoms with Crippen LogP contribution in [0.1, 0.15) is 61.9 Å². The molecule has 7 heteroatoms. The highest BCUT2D eigenvalue weighted by Gasteiger charge is 2.23. The summed E-state index contributed by atoms with van der Waals surface area (Å²) in [5.74, 6) is -0.165. The number of carbonyl (C=O) groups is 2. The molecule has 0 fully saturated rings. The lowest BCUT2D eigenvalue weighted by Crippen LogP contribution is -2.37. The van der Waals surface area contributed by atoms with E-state index in [-0.39, 0.29) is 11.3 Å². The Hall–Kier alpha value is -1.63. The van der Waals surface area contributed by atoms with Crippen molar-refractivity contribution in [2.75, 3.05) is 13.1 Å². The summed E-state index contributed by atoms with van der Waals surface area (Å²) in [5, 5.41) is 6.32. The van der Waals surface area contributed by atoms with E-state index in [1.54, 1.807) is 20.8 Å². The Kier molecular flexibility index (Phi) is 6.16. The summed E-state index contributed by atoms with van der Waals surface area (Å²) in [4.78, 5) is 28.8. The van der Waals surface area contributed by atoms with E-state index in [0.717, 1.165) is 10.7 Å². The van der Waals surface area contributed by atoms with Gasteiger partial charge in [0.25, 0.3) is 5.91 Å². The highest BCUT2D eigenvalue weighted by atomic mass is 32.1. The van der Waals surface area contributed by atoms with Crippen molar-refractivity contribution >= 4 is 23.3 Å². The minimum atomic E-state index is -0.531. The summed E-state index contributed by atoms with van der Waals surface area (Å²) in [6.45, 7) is 14.1. The van der Waals surface area contributed by atoms with E-state index in [2.05, 4.69) is 36.4 Å². The first kappa shape index (κ1) is 19.4. The van der Waals surface area contributed by atoms with E-state index >= 15 is 0 Å². The number of ether oxygens (including phenoxy) is 1. The van der Waals surface area contributed by atoms with Gasteiger partial charge in [-0.3, -0.25) is 4.79 Å². The summed E-state index contributed by atoms with van der Waals surface area (Å²) in [6.07, 6.45) is -0.490. The van der Waals surface area contributed by atoms with Crippen molar-refractivity contribution in [2.24, 2.45) is 0 Å². The summed E-state index contributed by atoms with van der Waals surface area (Å²) >= 11 is 1.41. The summed E-state index contributed by atoms with van der Waals surface area (Å²) in [5.41, 5.74) is 0.125.